The van der Waals surface area contributed by atoms with Crippen molar-refractivity contribution in [3.63, 3.8) is 0 Å². The Labute approximate surface area is 150 Å². The van der Waals surface area contributed by atoms with Crippen molar-refractivity contribution in [3.05, 3.63) is 74.8 Å². The van der Waals surface area contributed by atoms with Gasteiger partial charge < -0.3 is 5.32 Å². The molecule has 11 heteroatoms. The fourth-order valence-corrected chi connectivity index (χ4v) is 2.40. The van der Waals surface area contributed by atoms with Gasteiger partial charge >= 0.3 is 0 Å². The number of nitrogens with one attached hydrogen (secondary N) is 1. The molecule has 0 aliphatic carbocycles. The number of nitro groups is 1. The normalized spacial score (nSPS) is 10.5. The third-order valence-corrected chi connectivity index (χ3v) is 3.63. The maximum atomic E-state index is 13.4. The SMILES string of the molecule is O=C(NCc1nnnn1-c1cccc(F)c1)c1cc(Cl)ccc1[N+](=O)[O-]. The molecule has 0 aliphatic rings. The van der Waals surface area contributed by atoms with Gasteiger partial charge in [0.05, 0.1) is 17.2 Å². The number of tetrazole rings is 1. The van der Waals surface area contributed by atoms with Gasteiger partial charge in [-0.2, -0.15) is 4.68 Å². The first-order chi connectivity index (χ1) is 12.5. The first-order valence-corrected chi connectivity index (χ1v) is 7.59. The molecule has 3 rings (SSSR count). The van der Waals surface area contributed by atoms with Crippen molar-refractivity contribution in [3.8, 4) is 5.69 Å². The molecular weight excluding hydrogens is 367 g/mol. The molecule has 1 aromatic heterocycles. The first kappa shape index (κ1) is 17.4. The Morgan fingerprint density at radius 3 is 2.85 bits per heavy atom. The van der Waals surface area contributed by atoms with Gasteiger partial charge in [-0.15, -0.1) is 5.10 Å². The van der Waals surface area contributed by atoms with Gasteiger partial charge in [0, 0.05) is 11.1 Å². The van der Waals surface area contributed by atoms with E-state index in [-0.39, 0.29) is 28.6 Å². The molecule has 0 radical (unpaired) electrons. The second-order valence-corrected chi connectivity index (χ2v) is 5.52. The van der Waals surface area contributed by atoms with Gasteiger partial charge in [0.15, 0.2) is 5.82 Å². The lowest BCUT2D eigenvalue weighted by Crippen LogP contribution is -2.25. The van der Waals surface area contributed by atoms with Crippen molar-refractivity contribution in [2.24, 2.45) is 0 Å². The predicted molar refractivity (Wildman–Crippen MR) is 88.4 cm³/mol. The number of carbonyl (C=O) groups excluding carboxylic acids is 1. The fourth-order valence-electron chi connectivity index (χ4n) is 2.23. The summed E-state index contributed by atoms with van der Waals surface area (Å²) in [5, 5.41) is 24.7. The molecule has 0 atom stereocenters. The van der Waals surface area contributed by atoms with E-state index in [0.29, 0.717) is 5.69 Å². The number of nitro benzene ring substituents is 1. The highest BCUT2D eigenvalue weighted by Gasteiger charge is 2.21. The lowest BCUT2D eigenvalue weighted by atomic mass is 10.1. The molecular formula is C15H10ClFN6O3. The van der Waals surface area contributed by atoms with Gasteiger partial charge in [-0.25, -0.2) is 4.39 Å². The van der Waals surface area contributed by atoms with Crippen LogP contribution < -0.4 is 5.32 Å². The minimum Gasteiger partial charge on any atom is -0.344 e. The van der Waals surface area contributed by atoms with Crippen molar-refractivity contribution < 1.29 is 14.1 Å². The van der Waals surface area contributed by atoms with Gasteiger partial charge in [0.1, 0.15) is 11.4 Å². The van der Waals surface area contributed by atoms with E-state index < -0.39 is 16.6 Å². The van der Waals surface area contributed by atoms with E-state index in [2.05, 4.69) is 20.8 Å². The number of amides is 1. The lowest BCUT2D eigenvalue weighted by molar-refractivity contribution is -0.385. The Morgan fingerprint density at radius 1 is 1.31 bits per heavy atom. The number of aromatic nitrogens is 4. The van der Waals surface area contributed by atoms with Crippen LogP contribution in [0.1, 0.15) is 16.2 Å². The molecule has 3 aromatic rings. The summed E-state index contributed by atoms with van der Waals surface area (Å²) in [6.07, 6.45) is 0. The molecule has 1 heterocycles. The highest BCUT2D eigenvalue weighted by Crippen LogP contribution is 2.22. The van der Waals surface area contributed by atoms with Crippen LogP contribution in [0, 0.1) is 15.9 Å². The van der Waals surface area contributed by atoms with E-state index in [4.69, 9.17) is 11.6 Å². The number of rotatable bonds is 5. The van der Waals surface area contributed by atoms with Crippen LogP contribution in [0.5, 0.6) is 0 Å². The van der Waals surface area contributed by atoms with E-state index in [1.807, 2.05) is 0 Å². The topological polar surface area (TPSA) is 116 Å². The average molecular weight is 377 g/mol. The number of benzene rings is 2. The van der Waals surface area contributed by atoms with Crippen molar-refractivity contribution in [1.29, 1.82) is 0 Å². The quantitative estimate of drug-likeness (QED) is 0.539. The van der Waals surface area contributed by atoms with Crippen molar-refractivity contribution in [2.75, 3.05) is 0 Å². The zero-order valence-corrected chi connectivity index (χ0v) is 13.7. The highest BCUT2D eigenvalue weighted by atomic mass is 35.5. The summed E-state index contributed by atoms with van der Waals surface area (Å²) >= 11 is 5.81. The number of hydrogen-bond donors (Lipinski definition) is 1. The van der Waals surface area contributed by atoms with Crippen LogP contribution in [-0.2, 0) is 6.54 Å². The van der Waals surface area contributed by atoms with E-state index in [1.54, 1.807) is 6.07 Å². The van der Waals surface area contributed by atoms with Crippen LogP contribution in [-0.4, -0.2) is 31.0 Å². The zero-order valence-electron chi connectivity index (χ0n) is 13.0. The molecule has 0 aliphatic heterocycles. The Balaban J connectivity index is 1.81. The maximum Gasteiger partial charge on any atom is 0.282 e. The summed E-state index contributed by atoms with van der Waals surface area (Å²) < 4.78 is 14.6. The van der Waals surface area contributed by atoms with Gasteiger partial charge in [-0.1, -0.05) is 17.7 Å². The fraction of sp³-hybridized carbons (Fsp3) is 0.0667. The number of hydrogen-bond acceptors (Lipinski definition) is 6. The highest BCUT2D eigenvalue weighted by molar-refractivity contribution is 6.31. The van der Waals surface area contributed by atoms with Crippen LogP contribution in [0.25, 0.3) is 5.69 Å². The van der Waals surface area contributed by atoms with Crippen LogP contribution in [0.3, 0.4) is 0 Å². The number of nitrogens with zero attached hydrogens (tertiary/aromatic N) is 5. The molecule has 0 unspecified atom stereocenters. The molecule has 132 valence electrons. The third kappa shape index (κ3) is 3.64. The smallest absolute Gasteiger partial charge is 0.282 e. The second kappa shape index (κ2) is 7.23. The van der Waals surface area contributed by atoms with Crippen LogP contribution >= 0.6 is 11.6 Å². The summed E-state index contributed by atoms with van der Waals surface area (Å²) in [5.41, 5.74) is -0.197. The molecule has 1 amide bonds. The molecule has 1 N–H and O–H groups in total. The number of halogens is 2. The summed E-state index contributed by atoms with van der Waals surface area (Å²) in [4.78, 5) is 22.7. The molecule has 0 saturated carbocycles. The average Bonchev–Trinajstić information content (AvgIpc) is 3.08. The minimum absolute atomic E-state index is 0.133. The van der Waals surface area contributed by atoms with Crippen LogP contribution in [0.15, 0.2) is 42.5 Å². The largest absolute Gasteiger partial charge is 0.344 e. The predicted octanol–water partition coefficient (Wildman–Crippen LogP) is 2.29. The van der Waals surface area contributed by atoms with E-state index in [1.165, 1.54) is 35.0 Å². The monoisotopic (exact) mass is 376 g/mol. The standard InChI is InChI=1S/C15H10ClFN6O3/c16-9-4-5-13(23(25)26)12(6-9)15(24)18-8-14-19-20-21-22(14)11-3-1-2-10(17)7-11/h1-7H,8H2,(H,18,24). The molecule has 9 nitrogen and oxygen atoms in total. The summed E-state index contributed by atoms with van der Waals surface area (Å²) in [7, 11) is 0. The van der Waals surface area contributed by atoms with Crippen molar-refractivity contribution in [1.82, 2.24) is 25.5 Å². The molecule has 0 saturated heterocycles. The van der Waals surface area contributed by atoms with Gasteiger partial charge in [0.25, 0.3) is 11.6 Å². The van der Waals surface area contributed by atoms with Gasteiger partial charge in [-0.3, -0.25) is 14.9 Å². The Bertz CT molecular complexity index is 993. The van der Waals surface area contributed by atoms with Gasteiger partial charge in [0.2, 0.25) is 0 Å². The molecule has 0 fully saturated rings. The van der Waals surface area contributed by atoms with Crippen LogP contribution in [0.2, 0.25) is 5.02 Å². The lowest BCUT2D eigenvalue weighted by Gasteiger charge is -2.07. The minimum atomic E-state index is -0.715. The van der Waals surface area contributed by atoms with E-state index in [0.717, 1.165) is 6.07 Å². The summed E-state index contributed by atoms with van der Waals surface area (Å²) in [5.74, 6) is -0.968. The maximum absolute atomic E-state index is 13.4. The molecule has 2 aromatic carbocycles. The Morgan fingerprint density at radius 2 is 2.12 bits per heavy atom. The first-order valence-electron chi connectivity index (χ1n) is 7.21. The summed E-state index contributed by atoms with van der Waals surface area (Å²) in [6.45, 7) is -0.133. The van der Waals surface area contributed by atoms with Crippen molar-refractivity contribution >= 4 is 23.2 Å². The van der Waals surface area contributed by atoms with E-state index >= 15 is 0 Å². The Kier molecular flexibility index (Phi) is 4.85. The second-order valence-electron chi connectivity index (χ2n) is 5.09. The van der Waals surface area contributed by atoms with Gasteiger partial charge in [-0.05, 0) is 40.8 Å². The summed E-state index contributed by atoms with van der Waals surface area (Å²) in [6, 6.07) is 9.24. The third-order valence-electron chi connectivity index (χ3n) is 3.39. The van der Waals surface area contributed by atoms with Crippen LogP contribution in [0.4, 0.5) is 10.1 Å². The zero-order chi connectivity index (χ0) is 18.7. The molecule has 0 bridgehead atoms. The van der Waals surface area contributed by atoms with Crippen molar-refractivity contribution in [2.45, 2.75) is 6.54 Å². The Hall–Kier alpha value is -3.40. The van der Waals surface area contributed by atoms with E-state index in [9.17, 15) is 19.3 Å². The molecule has 26 heavy (non-hydrogen) atoms. The number of carbonyl (C=O) groups is 1. The molecule has 0 spiro atoms.